The third kappa shape index (κ3) is 3.40. The monoisotopic (exact) mass is 409 g/mol. The van der Waals surface area contributed by atoms with Crippen LogP contribution in [0.4, 0.5) is 5.69 Å². The SMILES string of the molecule is Cc1cccc(-c2nc(C(C)C)no2)c1NC(=O)c1oc2c(Cl)cccc2c1C. The normalized spacial score (nSPS) is 11.4. The second-order valence-corrected chi connectivity index (χ2v) is 7.64. The first-order chi connectivity index (χ1) is 13.9. The van der Waals surface area contributed by atoms with Gasteiger partial charge in [0.25, 0.3) is 11.8 Å². The van der Waals surface area contributed by atoms with Gasteiger partial charge in [0.2, 0.25) is 0 Å². The van der Waals surface area contributed by atoms with Gasteiger partial charge in [-0.25, -0.2) is 0 Å². The van der Waals surface area contributed by atoms with Crippen LogP contribution in [-0.2, 0) is 0 Å². The van der Waals surface area contributed by atoms with E-state index in [4.69, 9.17) is 20.5 Å². The summed E-state index contributed by atoms with van der Waals surface area (Å²) in [5.74, 6) is 0.960. The minimum Gasteiger partial charge on any atom is -0.449 e. The molecular weight excluding hydrogens is 390 g/mol. The number of carbonyl (C=O) groups is 1. The number of fused-ring (bicyclic) bond motifs is 1. The number of nitrogens with zero attached hydrogens (tertiary/aromatic N) is 2. The number of rotatable bonds is 4. The Kier molecular flexibility index (Phi) is 4.88. The van der Waals surface area contributed by atoms with Gasteiger partial charge in [0.05, 0.1) is 16.3 Å². The third-order valence-electron chi connectivity index (χ3n) is 4.82. The van der Waals surface area contributed by atoms with Crippen LogP contribution in [0.1, 0.15) is 47.3 Å². The molecule has 1 amide bonds. The minimum atomic E-state index is -0.367. The van der Waals surface area contributed by atoms with Gasteiger partial charge in [-0.15, -0.1) is 0 Å². The molecule has 0 aliphatic carbocycles. The summed E-state index contributed by atoms with van der Waals surface area (Å²) >= 11 is 6.21. The number of benzene rings is 2. The largest absolute Gasteiger partial charge is 0.449 e. The first-order valence-electron chi connectivity index (χ1n) is 9.29. The average Bonchev–Trinajstić information content (AvgIpc) is 3.30. The topological polar surface area (TPSA) is 81.2 Å². The number of nitrogens with one attached hydrogen (secondary N) is 1. The highest BCUT2D eigenvalue weighted by molar-refractivity contribution is 6.35. The van der Waals surface area contributed by atoms with Crippen LogP contribution < -0.4 is 5.32 Å². The minimum absolute atomic E-state index is 0.137. The number of hydrogen-bond acceptors (Lipinski definition) is 5. The molecule has 148 valence electrons. The zero-order valence-corrected chi connectivity index (χ0v) is 17.3. The summed E-state index contributed by atoms with van der Waals surface area (Å²) in [6.45, 7) is 7.72. The van der Waals surface area contributed by atoms with E-state index >= 15 is 0 Å². The molecule has 0 saturated heterocycles. The molecule has 0 aliphatic heterocycles. The first kappa shape index (κ1) is 19.2. The van der Waals surface area contributed by atoms with E-state index in [1.807, 2.05) is 58.0 Å². The van der Waals surface area contributed by atoms with Crippen LogP contribution in [0.3, 0.4) is 0 Å². The third-order valence-corrected chi connectivity index (χ3v) is 5.12. The Morgan fingerprint density at radius 2 is 1.90 bits per heavy atom. The van der Waals surface area contributed by atoms with Gasteiger partial charge in [0.15, 0.2) is 17.2 Å². The van der Waals surface area contributed by atoms with Crippen molar-refractivity contribution >= 4 is 34.2 Å². The summed E-state index contributed by atoms with van der Waals surface area (Å²) in [6, 6.07) is 11.1. The standard InChI is InChI=1S/C22H20ClN3O3/c1-11(2)20-25-22(29-26-20)15-9-5-7-12(3)17(15)24-21(27)18-13(4)14-8-6-10-16(23)19(14)28-18/h5-11H,1-4H3,(H,24,27). The van der Waals surface area contributed by atoms with Crippen LogP contribution in [0.2, 0.25) is 5.02 Å². The van der Waals surface area contributed by atoms with Gasteiger partial charge in [-0.2, -0.15) is 4.98 Å². The summed E-state index contributed by atoms with van der Waals surface area (Å²) in [5.41, 5.74) is 3.36. The predicted molar refractivity (Wildman–Crippen MR) is 112 cm³/mol. The quantitative estimate of drug-likeness (QED) is 0.438. The highest BCUT2D eigenvalue weighted by Gasteiger charge is 2.22. The van der Waals surface area contributed by atoms with Crippen molar-refractivity contribution in [2.45, 2.75) is 33.6 Å². The van der Waals surface area contributed by atoms with Crippen molar-refractivity contribution in [3.8, 4) is 11.5 Å². The van der Waals surface area contributed by atoms with E-state index in [1.54, 1.807) is 6.07 Å². The second-order valence-electron chi connectivity index (χ2n) is 7.24. The Bertz CT molecular complexity index is 1220. The molecular formula is C22H20ClN3O3. The lowest BCUT2D eigenvalue weighted by Crippen LogP contribution is -2.14. The molecule has 2 aromatic carbocycles. The van der Waals surface area contributed by atoms with Crippen molar-refractivity contribution in [3.05, 3.63) is 64.1 Å². The lowest BCUT2D eigenvalue weighted by molar-refractivity contribution is 0.0998. The molecule has 2 aromatic heterocycles. The van der Waals surface area contributed by atoms with E-state index < -0.39 is 0 Å². The predicted octanol–water partition coefficient (Wildman–Crippen LogP) is 6.13. The molecule has 0 saturated carbocycles. The molecule has 0 bridgehead atoms. The zero-order chi connectivity index (χ0) is 20.7. The molecule has 1 N–H and O–H groups in total. The number of aromatic nitrogens is 2. The smallest absolute Gasteiger partial charge is 0.291 e. The second kappa shape index (κ2) is 7.37. The fraction of sp³-hybridized carbons (Fsp3) is 0.227. The molecule has 4 rings (SSSR count). The van der Waals surface area contributed by atoms with E-state index in [2.05, 4.69) is 15.5 Å². The maximum absolute atomic E-state index is 13.1. The Hall–Kier alpha value is -3.12. The highest BCUT2D eigenvalue weighted by atomic mass is 35.5. The molecule has 29 heavy (non-hydrogen) atoms. The van der Waals surface area contributed by atoms with Crippen LogP contribution in [0.25, 0.3) is 22.4 Å². The summed E-state index contributed by atoms with van der Waals surface area (Å²) in [6.07, 6.45) is 0. The van der Waals surface area contributed by atoms with Crippen molar-refractivity contribution in [1.82, 2.24) is 10.1 Å². The molecule has 0 unspecified atom stereocenters. The van der Waals surface area contributed by atoms with Crippen LogP contribution in [0.5, 0.6) is 0 Å². The van der Waals surface area contributed by atoms with E-state index in [-0.39, 0.29) is 17.6 Å². The van der Waals surface area contributed by atoms with Gasteiger partial charge >= 0.3 is 0 Å². The molecule has 6 nitrogen and oxygen atoms in total. The van der Waals surface area contributed by atoms with Crippen molar-refractivity contribution in [2.24, 2.45) is 0 Å². The van der Waals surface area contributed by atoms with Crippen molar-refractivity contribution < 1.29 is 13.7 Å². The molecule has 7 heteroatoms. The van der Waals surface area contributed by atoms with E-state index in [0.717, 1.165) is 16.5 Å². The highest BCUT2D eigenvalue weighted by Crippen LogP contribution is 2.34. The van der Waals surface area contributed by atoms with Crippen molar-refractivity contribution in [3.63, 3.8) is 0 Å². The molecule has 0 atom stereocenters. The number of anilines is 1. The van der Waals surface area contributed by atoms with Gasteiger partial charge in [-0.3, -0.25) is 4.79 Å². The van der Waals surface area contributed by atoms with Gasteiger partial charge < -0.3 is 14.3 Å². The zero-order valence-electron chi connectivity index (χ0n) is 16.5. The van der Waals surface area contributed by atoms with E-state index in [9.17, 15) is 4.79 Å². The van der Waals surface area contributed by atoms with Gasteiger partial charge in [-0.05, 0) is 31.5 Å². The molecule has 4 aromatic rings. The Labute approximate surface area is 172 Å². The molecule has 0 spiro atoms. The number of carbonyl (C=O) groups excluding carboxylic acids is 1. The molecule has 0 aliphatic rings. The Morgan fingerprint density at radius 1 is 1.14 bits per heavy atom. The fourth-order valence-electron chi connectivity index (χ4n) is 3.19. The summed E-state index contributed by atoms with van der Waals surface area (Å²) in [7, 11) is 0. The number of para-hydroxylation sites is 2. The van der Waals surface area contributed by atoms with E-state index in [0.29, 0.717) is 33.6 Å². The van der Waals surface area contributed by atoms with Gasteiger partial charge in [0.1, 0.15) is 0 Å². The average molecular weight is 410 g/mol. The number of hydrogen-bond donors (Lipinski definition) is 1. The first-order valence-corrected chi connectivity index (χ1v) is 9.67. The number of furan rings is 1. The van der Waals surface area contributed by atoms with Crippen LogP contribution in [0, 0.1) is 13.8 Å². The lowest BCUT2D eigenvalue weighted by atomic mass is 10.1. The number of halogens is 1. The van der Waals surface area contributed by atoms with Crippen molar-refractivity contribution in [2.75, 3.05) is 5.32 Å². The van der Waals surface area contributed by atoms with Crippen LogP contribution in [0.15, 0.2) is 45.3 Å². The van der Waals surface area contributed by atoms with E-state index in [1.165, 1.54) is 0 Å². The summed E-state index contributed by atoms with van der Waals surface area (Å²) in [5, 5.41) is 8.25. The Morgan fingerprint density at radius 3 is 2.59 bits per heavy atom. The number of aryl methyl sites for hydroxylation is 2. The van der Waals surface area contributed by atoms with Crippen molar-refractivity contribution in [1.29, 1.82) is 0 Å². The maximum Gasteiger partial charge on any atom is 0.291 e. The summed E-state index contributed by atoms with van der Waals surface area (Å²) in [4.78, 5) is 17.5. The van der Waals surface area contributed by atoms with Crippen LogP contribution >= 0.6 is 11.6 Å². The molecule has 2 heterocycles. The fourth-order valence-corrected chi connectivity index (χ4v) is 3.40. The lowest BCUT2D eigenvalue weighted by Gasteiger charge is -2.11. The molecule has 0 radical (unpaired) electrons. The molecule has 0 fully saturated rings. The Balaban J connectivity index is 1.74. The summed E-state index contributed by atoms with van der Waals surface area (Å²) < 4.78 is 11.2. The van der Waals surface area contributed by atoms with Gasteiger partial charge in [0, 0.05) is 16.9 Å². The van der Waals surface area contributed by atoms with Gasteiger partial charge in [-0.1, -0.05) is 54.9 Å². The maximum atomic E-state index is 13.1. The number of amides is 1. The van der Waals surface area contributed by atoms with Crippen LogP contribution in [-0.4, -0.2) is 16.0 Å².